The van der Waals surface area contributed by atoms with E-state index in [9.17, 15) is 0 Å². The van der Waals surface area contributed by atoms with Gasteiger partial charge in [0.15, 0.2) is 0 Å². The van der Waals surface area contributed by atoms with Crippen molar-refractivity contribution in [3.8, 4) is 5.75 Å². The summed E-state index contributed by atoms with van der Waals surface area (Å²) in [6, 6.07) is 6.09. The second-order valence-corrected chi connectivity index (χ2v) is 4.64. The van der Waals surface area contributed by atoms with E-state index in [0.717, 1.165) is 49.6 Å². The van der Waals surface area contributed by atoms with Crippen LogP contribution in [-0.4, -0.2) is 13.2 Å². The molecule has 3 nitrogen and oxygen atoms in total. The minimum atomic E-state index is 0.759. The van der Waals surface area contributed by atoms with Crippen molar-refractivity contribution in [2.75, 3.05) is 13.2 Å². The maximum absolute atomic E-state index is 5.93. The molecule has 2 aromatic rings. The Bertz CT molecular complexity index is 531. The molecule has 0 aliphatic carbocycles. The van der Waals surface area contributed by atoms with Crippen molar-refractivity contribution >= 4 is 11.0 Å². The molecular formula is C16H23NO2. The maximum Gasteiger partial charge on any atom is 0.134 e. The molecule has 0 unspecified atom stereocenters. The number of benzene rings is 1. The first-order chi connectivity index (χ1) is 9.30. The minimum Gasteiger partial charge on any atom is -0.494 e. The van der Waals surface area contributed by atoms with Gasteiger partial charge in [-0.1, -0.05) is 20.8 Å². The quantitative estimate of drug-likeness (QED) is 0.821. The summed E-state index contributed by atoms with van der Waals surface area (Å²) < 4.78 is 11.6. The smallest absolute Gasteiger partial charge is 0.134 e. The van der Waals surface area contributed by atoms with Crippen LogP contribution in [0.25, 0.3) is 11.0 Å². The van der Waals surface area contributed by atoms with Crippen LogP contribution in [0.1, 0.15) is 38.5 Å². The van der Waals surface area contributed by atoms with Crippen molar-refractivity contribution in [3.63, 3.8) is 0 Å². The highest BCUT2D eigenvalue weighted by molar-refractivity contribution is 5.83. The average molecular weight is 261 g/mol. The molecule has 0 bridgehead atoms. The van der Waals surface area contributed by atoms with E-state index >= 15 is 0 Å². The van der Waals surface area contributed by atoms with Crippen LogP contribution in [-0.2, 0) is 13.0 Å². The molecule has 0 saturated carbocycles. The summed E-state index contributed by atoms with van der Waals surface area (Å²) in [7, 11) is 0. The Balaban J connectivity index is 2.34. The van der Waals surface area contributed by atoms with Gasteiger partial charge in [0.2, 0.25) is 0 Å². The fraction of sp³-hybridized carbons (Fsp3) is 0.500. The van der Waals surface area contributed by atoms with Crippen LogP contribution < -0.4 is 10.1 Å². The van der Waals surface area contributed by atoms with Gasteiger partial charge in [0.1, 0.15) is 17.1 Å². The zero-order chi connectivity index (χ0) is 13.7. The van der Waals surface area contributed by atoms with E-state index in [1.165, 1.54) is 10.9 Å². The van der Waals surface area contributed by atoms with Crippen LogP contribution in [0.3, 0.4) is 0 Å². The number of ether oxygens (including phenoxy) is 1. The zero-order valence-electron chi connectivity index (χ0n) is 12.1. The number of aryl methyl sites for hydroxylation is 1. The van der Waals surface area contributed by atoms with Gasteiger partial charge >= 0.3 is 0 Å². The van der Waals surface area contributed by atoms with E-state index in [-0.39, 0.29) is 0 Å². The van der Waals surface area contributed by atoms with Gasteiger partial charge in [-0.05, 0) is 37.6 Å². The number of furan rings is 1. The molecule has 1 aromatic heterocycles. The highest BCUT2D eigenvalue weighted by atomic mass is 16.5. The van der Waals surface area contributed by atoms with Crippen LogP contribution in [0.15, 0.2) is 22.6 Å². The van der Waals surface area contributed by atoms with Gasteiger partial charge < -0.3 is 14.5 Å². The van der Waals surface area contributed by atoms with Crippen LogP contribution >= 0.6 is 0 Å². The van der Waals surface area contributed by atoms with Gasteiger partial charge in [-0.25, -0.2) is 0 Å². The molecule has 1 heterocycles. The SMILES string of the molecule is CCCOc1ccc2oc(CNCC)c(CC)c2c1. The van der Waals surface area contributed by atoms with Crippen molar-refractivity contribution in [2.45, 2.75) is 40.2 Å². The van der Waals surface area contributed by atoms with E-state index < -0.39 is 0 Å². The summed E-state index contributed by atoms with van der Waals surface area (Å²) in [5.74, 6) is 1.98. The highest BCUT2D eigenvalue weighted by Crippen LogP contribution is 2.30. The maximum atomic E-state index is 5.93. The van der Waals surface area contributed by atoms with Gasteiger partial charge in [-0.3, -0.25) is 0 Å². The Kier molecular flexibility index (Phi) is 4.86. The molecule has 0 fully saturated rings. The topological polar surface area (TPSA) is 34.4 Å². The van der Waals surface area contributed by atoms with E-state index in [1.54, 1.807) is 0 Å². The van der Waals surface area contributed by atoms with Gasteiger partial charge in [0.25, 0.3) is 0 Å². The lowest BCUT2D eigenvalue weighted by atomic mass is 10.1. The Labute approximate surface area is 114 Å². The van der Waals surface area contributed by atoms with Crippen molar-refractivity contribution in [1.82, 2.24) is 5.32 Å². The summed E-state index contributed by atoms with van der Waals surface area (Å²) in [4.78, 5) is 0. The lowest BCUT2D eigenvalue weighted by Crippen LogP contribution is -2.12. The summed E-state index contributed by atoms with van der Waals surface area (Å²) in [6.07, 6.45) is 2.00. The Hall–Kier alpha value is -1.48. The van der Waals surface area contributed by atoms with Crippen molar-refractivity contribution in [1.29, 1.82) is 0 Å². The molecule has 2 rings (SSSR count). The highest BCUT2D eigenvalue weighted by Gasteiger charge is 2.13. The predicted molar refractivity (Wildman–Crippen MR) is 78.8 cm³/mol. The first-order valence-corrected chi connectivity index (χ1v) is 7.17. The Morgan fingerprint density at radius 3 is 2.74 bits per heavy atom. The first-order valence-electron chi connectivity index (χ1n) is 7.17. The molecule has 19 heavy (non-hydrogen) atoms. The van der Waals surface area contributed by atoms with E-state index in [0.29, 0.717) is 0 Å². The molecule has 0 aliphatic heterocycles. The van der Waals surface area contributed by atoms with Gasteiger partial charge in [-0.2, -0.15) is 0 Å². The fourth-order valence-electron chi connectivity index (χ4n) is 2.26. The fourth-order valence-corrected chi connectivity index (χ4v) is 2.26. The molecule has 0 atom stereocenters. The summed E-state index contributed by atoms with van der Waals surface area (Å²) in [5.41, 5.74) is 2.24. The third kappa shape index (κ3) is 3.10. The number of hydrogen-bond acceptors (Lipinski definition) is 3. The molecule has 1 N–H and O–H groups in total. The number of hydrogen-bond donors (Lipinski definition) is 1. The summed E-state index contributed by atoms with van der Waals surface area (Å²) in [6.45, 7) is 8.88. The summed E-state index contributed by atoms with van der Waals surface area (Å²) in [5, 5.41) is 4.51. The second kappa shape index (κ2) is 6.62. The Morgan fingerprint density at radius 1 is 1.21 bits per heavy atom. The largest absolute Gasteiger partial charge is 0.494 e. The zero-order valence-corrected chi connectivity index (χ0v) is 12.1. The lowest BCUT2D eigenvalue weighted by molar-refractivity contribution is 0.318. The number of rotatable bonds is 7. The van der Waals surface area contributed by atoms with Gasteiger partial charge in [0, 0.05) is 10.9 Å². The number of fused-ring (bicyclic) bond motifs is 1. The lowest BCUT2D eigenvalue weighted by Gasteiger charge is -2.04. The number of nitrogens with one attached hydrogen (secondary N) is 1. The van der Waals surface area contributed by atoms with Gasteiger partial charge in [-0.15, -0.1) is 0 Å². The molecule has 104 valence electrons. The molecule has 1 aromatic carbocycles. The molecule has 0 spiro atoms. The van der Waals surface area contributed by atoms with Crippen LogP contribution in [0.4, 0.5) is 0 Å². The standard InChI is InChI=1S/C16H23NO2/c1-4-9-18-12-7-8-15-14(10-12)13(5-2)16(19-15)11-17-6-3/h7-8,10,17H,4-6,9,11H2,1-3H3. The van der Waals surface area contributed by atoms with Crippen LogP contribution in [0.2, 0.25) is 0 Å². The predicted octanol–water partition coefficient (Wildman–Crippen LogP) is 3.89. The van der Waals surface area contributed by atoms with Crippen molar-refractivity contribution < 1.29 is 9.15 Å². The molecular weight excluding hydrogens is 238 g/mol. The minimum absolute atomic E-state index is 0.759. The molecule has 0 saturated heterocycles. The first kappa shape index (κ1) is 13.9. The monoisotopic (exact) mass is 261 g/mol. The Morgan fingerprint density at radius 2 is 2.05 bits per heavy atom. The van der Waals surface area contributed by atoms with E-state index in [4.69, 9.17) is 9.15 Å². The van der Waals surface area contributed by atoms with Crippen LogP contribution in [0.5, 0.6) is 5.75 Å². The van der Waals surface area contributed by atoms with Gasteiger partial charge in [0.05, 0.1) is 13.2 Å². The van der Waals surface area contributed by atoms with E-state index in [2.05, 4.69) is 32.2 Å². The van der Waals surface area contributed by atoms with Crippen molar-refractivity contribution in [3.05, 3.63) is 29.5 Å². The normalized spacial score (nSPS) is 11.1. The van der Waals surface area contributed by atoms with Crippen molar-refractivity contribution in [2.24, 2.45) is 0 Å². The molecule has 0 amide bonds. The third-order valence-electron chi connectivity index (χ3n) is 3.21. The molecule has 0 radical (unpaired) electrons. The average Bonchev–Trinajstić information content (AvgIpc) is 2.79. The summed E-state index contributed by atoms with van der Waals surface area (Å²) >= 11 is 0. The van der Waals surface area contributed by atoms with Crippen LogP contribution in [0, 0.1) is 0 Å². The molecule has 0 aliphatic rings. The van der Waals surface area contributed by atoms with E-state index in [1.807, 2.05) is 12.1 Å². The third-order valence-corrected chi connectivity index (χ3v) is 3.21. The second-order valence-electron chi connectivity index (χ2n) is 4.64. The molecule has 3 heteroatoms.